The number of nitrogens with zero attached hydrogens (tertiary/aromatic N) is 1. The largest absolute Gasteiger partial charge is 0.354 e. The Kier molecular flexibility index (Phi) is 5.78. The van der Waals surface area contributed by atoms with E-state index in [9.17, 15) is 13.2 Å². The normalized spacial score (nSPS) is 11.5. The number of rotatable bonds is 6. The molecule has 0 saturated carbocycles. The third kappa shape index (κ3) is 5.38. The van der Waals surface area contributed by atoms with Crippen LogP contribution < -0.4 is 9.62 Å². The Bertz CT molecular complexity index is 609. The van der Waals surface area contributed by atoms with Crippen LogP contribution in [-0.2, 0) is 14.8 Å². The number of hydrogen-bond donors (Lipinski definition) is 1. The number of sulfonamides is 1. The monoisotopic (exact) mass is 312 g/mol. The van der Waals surface area contributed by atoms with Crippen molar-refractivity contribution in [3.8, 4) is 0 Å². The summed E-state index contributed by atoms with van der Waals surface area (Å²) in [5.41, 5.74) is 2.42. The third-order valence-corrected chi connectivity index (χ3v) is 4.14. The minimum Gasteiger partial charge on any atom is -0.354 e. The Hall–Kier alpha value is -1.56. The SMILES string of the molecule is Cc1ccc(N(CC(=O)NCC(C)C)S(C)(=O)=O)c(C)c1. The highest BCUT2D eigenvalue weighted by atomic mass is 32.2. The first-order valence-corrected chi connectivity index (χ1v) is 8.77. The molecule has 0 fully saturated rings. The number of amides is 1. The third-order valence-electron chi connectivity index (χ3n) is 3.02. The van der Waals surface area contributed by atoms with Crippen molar-refractivity contribution in [3.63, 3.8) is 0 Å². The number of carbonyl (C=O) groups is 1. The molecule has 0 aliphatic carbocycles. The lowest BCUT2D eigenvalue weighted by Gasteiger charge is -2.24. The Balaban J connectivity index is 3.00. The van der Waals surface area contributed by atoms with Gasteiger partial charge in [-0.2, -0.15) is 0 Å². The molecular formula is C15H24N2O3S. The van der Waals surface area contributed by atoms with E-state index in [2.05, 4.69) is 5.32 Å². The van der Waals surface area contributed by atoms with Gasteiger partial charge in [-0.25, -0.2) is 8.42 Å². The highest BCUT2D eigenvalue weighted by Crippen LogP contribution is 2.23. The molecule has 1 rings (SSSR count). The molecule has 1 aromatic rings. The summed E-state index contributed by atoms with van der Waals surface area (Å²) in [6.45, 7) is 8.08. The molecule has 0 unspecified atom stereocenters. The molecule has 0 heterocycles. The van der Waals surface area contributed by atoms with Gasteiger partial charge in [0.1, 0.15) is 6.54 Å². The Labute approximate surface area is 127 Å². The van der Waals surface area contributed by atoms with Crippen LogP contribution in [0.5, 0.6) is 0 Å². The van der Waals surface area contributed by atoms with Crippen LogP contribution in [0.3, 0.4) is 0 Å². The van der Waals surface area contributed by atoms with Gasteiger partial charge < -0.3 is 5.32 Å². The van der Waals surface area contributed by atoms with E-state index < -0.39 is 10.0 Å². The smallest absolute Gasteiger partial charge is 0.240 e. The summed E-state index contributed by atoms with van der Waals surface area (Å²) in [7, 11) is -3.51. The Morgan fingerprint density at radius 1 is 1.29 bits per heavy atom. The highest BCUT2D eigenvalue weighted by molar-refractivity contribution is 7.92. The first-order valence-electron chi connectivity index (χ1n) is 6.93. The number of aryl methyl sites for hydroxylation is 2. The Morgan fingerprint density at radius 3 is 2.38 bits per heavy atom. The van der Waals surface area contributed by atoms with Crippen molar-refractivity contribution in [2.45, 2.75) is 27.7 Å². The summed E-state index contributed by atoms with van der Waals surface area (Å²) < 4.78 is 25.1. The average molecular weight is 312 g/mol. The van der Waals surface area contributed by atoms with Crippen LogP contribution in [0.1, 0.15) is 25.0 Å². The van der Waals surface area contributed by atoms with Gasteiger partial charge in [-0.15, -0.1) is 0 Å². The fourth-order valence-corrected chi connectivity index (χ4v) is 2.88. The van der Waals surface area contributed by atoms with Crippen molar-refractivity contribution in [2.24, 2.45) is 5.92 Å². The maximum atomic E-state index is 12.0. The van der Waals surface area contributed by atoms with Crippen molar-refractivity contribution >= 4 is 21.6 Å². The summed E-state index contributed by atoms with van der Waals surface area (Å²) in [4.78, 5) is 11.9. The van der Waals surface area contributed by atoms with Crippen molar-refractivity contribution in [3.05, 3.63) is 29.3 Å². The molecule has 5 nitrogen and oxygen atoms in total. The molecule has 1 N–H and O–H groups in total. The zero-order valence-electron chi connectivity index (χ0n) is 13.3. The van der Waals surface area contributed by atoms with Crippen molar-refractivity contribution < 1.29 is 13.2 Å². The second-order valence-corrected chi connectivity index (χ2v) is 7.66. The fourth-order valence-electron chi connectivity index (χ4n) is 1.97. The maximum absolute atomic E-state index is 12.0. The van der Waals surface area contributed by atoms with E-state index in [1.165, 1.54) is 0 Å². The van der Waals surface area contributed by atoms with Gasteiger partial charge in [-0.05, 0) is 31.4 Å². The topological polar surface area (TPSA) is 66.5 Å². The van der Waals surface area contributed by atoms with Crippen molar-refractivity contribution in [1.82, 2.24) is 5.32 Å². The van der Waals surface area contributed by atoms with E-state index in [0.717, 1.165) is 21.7 Å². The van der Waals surface area contributed by atoms with Crippen molar-refractivity contribution in [2.75, 3.05) is 23.7 Å². The van der Waals surface area contributed by atoms with Gasteiger partial charge in [0.15, 0.2) is 0 Å². The van der Waals surface area contributed by atoms with E-state index in [4.69, 9.17) is 0 Å². The first kappa shape index (κ1) is 17.5. The van der Waals surface area contributed by atoms with Crippen LogP contribution in [0.4, 0.5) is 5.69 Å². The van der Waals surface area contributed by atoms with Crippen LogP contribution in [0.15, 0.2) is 18.2 Å². The molecular weight excluding hydrogens is 288 g/mol. The number of carbonyl (C=O) groups excluding carboxylic acids is 1. The molecule has 0 saturated heterocycles. The van der Waals surface area contributed by atoms with Gasteiger partial charge in [-0.3, -0.25) is 9.10 Å². The summed E-state index contributed by atoms with van der Waals surface area (Å²) >= 11 is 0. The predicted molar refractivity (Wildman–Crippen MR) is 86.0 cm³/mol. The summed E-state index contributed by atoms with van der Waals surface area (Å²) in [6, 6.07) is 5.48. The second-order valence-electron chi connectivity index (χ2n) is 5.76. The van der Waals surface area contributed by atoms with E-state index in [1.54, 1.807) is 6.07 Å². The van der Waals surface area contributed by atoms with Crippen LogP contribution in [-0.4, -0.2) is 33.7 Å². The number of hydrogen-bond acceptors (Lipinski definition) is 3. The summed E-state index contributed by atoms with van der Waals surface area (Å²) in [5.74, 6) is 0.0239. The summed E-state index contributed by atoms with van der Waals surface area (Å²) in [6.07, 6.45) is 1.11. The van der Waals surface area contributed by atoms with Gasteiger partial charge in [-0.1, -0.05) is 31.5 Å². The fraction of sp³-hybridized carbons (Fsp3) is 0.533. The summed E-state index contributed by atoms with van der Waals surface area (Å²) in [5, 5.41) is 2.74. The average Bonchev–Trinajstić information content (AvgIpc) is 2.33. The number of nitrogens with one attached hydrogen (secondary N) is 1. The lowest BCUT2D eigenvalue weighted by Crippen LogP contribution is -2.41. The first-order chi connectivity index (χ1) is 9.61. The van der Waals surface area contributed by atoms with Gasteiger partial charge in [0.25, 0.3) is 0 Å². The molecule has 1 amide bonds. The maximum Gasteiger partial charge on any atom is 0.240 e. The van der Waals surface area contributed by atoms with Gasteiger partial charge in [0, 0.05) is 6.54 Å². The highest BCUT2D eigenvalue weighted by Gasteiger charge is 2.22. The van der Waals surface area contributed by atoms with E-state index >= 15 is 0 Å². The van der Waals surface area contributed by atoms with E-state index in [0.29, 0.717) is 18.2 Å². The van der Waals surface area contributed by atoms with E-state index in [-0.39, 0.29) is 12.5 Å². The number of anilines is 1. The number of benzene rings is 1. The minimum atomic E-state index is -3.51. The molecule has 6 heteroatoms. The van der Waals surface area contributed by atoms with E-state index in [1.807, 2.05) is 39.8 Å². The van der Waals surface area contributed by atoms with Crippen molar-refractivity contribution in [1.29, 1.82) is 0 Å². The molecule has 0 atom stereocenters. The van der Waals surface area contributed by atoms with Crippen LogP contribution in [0.25, 0.3) is 0 Å². The molecule has 0 radical (unpaired) electrons. The van der Waals surface area contributed by atoms with Gasteiger partial charge in [0.05, 0.1) is 11.9 Å². The Morgan fingerprint density at radius 2 is 1.90 bits per heavy atom. The minimum absolute atomic E-state index is 0.199. The molecule has 0 aromatic heterocycles. The zero-order valence-corrected chi connectivity index (χ0v) is 14.1. The zero-order chi connectivity index (χ0) is 16.2. The lowest BCUT2D eigenvalue weighted by atomic mass is 10.1. The molecule has 21 heavy (non-hydrogen) atoms. The molecule has 0 aliphatic rings. The quantitative estimate of drug-likeness (QED) is 0.871. The standard InChI is InChI=1S/C15H24N2O3S/c1-11(2)9-16-15(18)10-17(21(5,19)20)14-7-6-12(3)8-13(14)4/h6-8,11H,9-10H2,1-5H3,(H,16,18). The second kappa shape index (κ2) is 6.93. The van der Waals surface area contributed by atoms with Crippen LogP contribution in [0, 0.1) is 19.8 Å². The molecule has 0 spiro atoms. The van der Waals surface area contributed by atoms with Gasteiger partial charge in [0.2, 0.25) is 15.9 Å². The molecule has 0 aliphatic heterocycles. The molecule has 1 aromatic carbocycles. The molecule has 0 bridgehead atoms. The van der Waals surface area contributed by atoms with Gasteiger partial charge >= 0.3 is 0 Å². The predicted octanol–water partition coefficient (Wildman–Crippen LogP) is 1.84. The van der Waals surface area contributed by atoms with Crippen LogP contribution >= 0.6 is 0 Å². The van der Waals surface area contributed by atoms with Crippen LogP contribution in [0.2, 0.25) is 0 Å². The lowest BCUT2D eigenvalue weighted by molar-refractivity contribution is -0.119. The molecule has 118 valence electrons.